The average Bonchev–Trinajstić information content (AvgIpc) is 3.45. The Morgan fingerprint density at radius 3 is 2.77 bits per heavy atom. The summed E-state index contributed by atoms with van der Waals surface area (Å²) in [6.07, 6.45) is 6.23. The van der Waals surface area contributed by atoms with Crippen LogP contribution in [-0.2, 0) is 12.5 Å². The lowest BCUT2D eigenvalue weighted by Crippen LogP contribution is -2.29. The third-order valence-electron chi connectivity index (χ3n) is 5.04. The molecule has 0 radical (unpaired) electrons. The molecule has 0 aliphatic carbocycles. The van der Waals surface area contributed by atoms with Crippen LogP contribution >= 0.6 is 11.5 Å². The first-order valence-corrected chi connectivity index (χ1v) is 10.8. The van der Waals surface area contributed by atoms with Gasteiger partial charge in [-0.3, -0.25) is 14.4 Å². The molecule has 0 bridgehead atoms. The Kier molecular flexibility index (Phi) is 5.71. The van der Waals surface area contributed by atoms with E-state index in [1.54, 1.807) is 23.0 Å². The summed E-state index contributed by atoms with van der Waals surface area (Å²) in [5, 5.41) is 10.5. The van der Waals surface area contributed by atoms with Crippen LogP contribution in [0.15, 0.2) is 30.9 Å². The number of H-pyrrole nitrogens is 1. The van der Waals surface area contributed by atoms with E-state index in [2.05, 4.69) is 55.5 Å². The molecule has 0 aromatic carbocycles. The molecule has 0 saturated carbocycles. The van der Waals surface area contributed by atoms with Crippen LogP contribution in [0.1, 0.15) is 39.1 Å². The molecular formula is C20H24F2N8S. The lowest BCUT2D eigenvalue weighted by atomic mass is 10.2. The second kappa shape index (κ2) is 8.31. The topological polar surface area (TPSA) is 87.0 Å². The number of aromatic amines is 1. The molecule has 0 aliphatic rings. The minimum Gasteiger partial charge on any atom is -0.328 e. The summed E-state index contributed by atoms with van der Waals surface area (Å²) in [6, 6.07) is 2.32. The van der Waals surface area contributed by atoms with Crippen LogP contribution in [0.4, 0.5) is 19.6 Å². The van der Waals surface area contributed by atoms with E-state index in [-0.39, 0.29) is 11.5 Å². The van der Waals surface area contributed by atoms with Gasteiger partial charge in [-0.05, 0) is 38.0 Å². The van der Waals surface area contributed by atoms with Gasteiger partial charge in [0.05, 0.1) is 23.8 Å². The number of halogens is 2. The first-order valence-electron chi connectivity index (χ1n) is 9.98. The third kappa shape index (κ3) is 4.42. The Bertz CT molecular complexity index is 1160. The van der Waals surface area contributed by atoms with Gasteiger partial charge in [0, 0.05) is 37.5 Å². The maximum absolute atomic E-state index is 14.2. The molecule has 4 aromatic rings. The van der Waals surface area contributed by atoms with Crippen LogP contribution in [0, 0.1) is 0 Å². The molecule has 31 heavy (non-hydrogen) atoms. The number of nitrogens with one attached hydrogen (secondary N) is 2. The molecule has 0 unspecified atom stereocenters. The van der Waals surface area contributed by atoms with Gasteiger partial charge in [0.15, 0.2) is 11.5 Å². The SMILES string of the molecule is CCN(Cc1cc(Nc2nc(C(C)(F)F)cn3c(-c4cn[nH]c4)cnc23)sn1)C(C)C. The predicted octanol–water partition coefficient (Wildman–Crippen LogP) is 4.66. The van der Waals surface area contributed by atoms with E-state index in [1.807, 2.05) is 6.07 Å². The smallest absolute Gasteiger partial charge is 0.288 e. The Balaban J connectivity index is 1.71. The Labute approximate surface area is 182 Å². The third-order valence-corrected chi connectivity index (χ3v) is 5.78. The van der Waals surface area contributed by atoms with Gasteiger partial charge in [-0.1, -0.05) is 6.92 Å². The first kappa shape index (κ1) is 21.3. The lowest BCUT2D eigenvalue weighted by molar-refractivity contribution is 0.0124. The van der Waals surface area contributed by atoms with E-state index < -0.39 is 5.92 Å². The van der Waals surface area contributed by atoms with Crippen molar-refractivity contribution in [3.63, 3.8) is 0 Å². The molecule has 0 aliphatic heterocycles. The van der Waals surface area contributed by atoms with E-state index in [1.165, 1.54) is 17.7 Å². The van der Waals surface area contributed by atoms with Gasteiger partial charge >= 0.3 is 0 Å². The zero-order valence-corrected chi connectivity index (χ0v) is 18.5. The maximum atomic E-state index is 14.2. The van der Waals surface area contributed by atoms with Gasteiger partial charge < -0.3 is 5.32 Å². The normalized spacial score (nSPS) is 12.4. The fourth-order valence-corrected chi connectivity index (χ4v) is 3.97. The van der Waals surface area contributed by atoms with Crippen molar-refractivity contribution in [2.75, 3.05) is 11.9 Å². The first-order chi connectivity index (χ1) is 14.8. The Morgan fingerprint density at radius 2 is 2.13 bits per heavy atom. The summed E-state index contributed by atoms with van der Waals surface area (Å²) in [7, 11) is 0. The summed E-state index contributed by atoms with van der Waals surface area (Å²) >= 11 is 1.27. The molecule has 4 aromatic heterocycles. The second-order valence-electron chi connectivity index (χ2n) is 7.65. The molecule has 0 saturated heterocycles. The molecule has 164 valence electrons. The van der Waals surface area contributed by atoms with Crippen LogP contribution < -0.4 is 5.32 Å². The highest BCUT2D eigenvalue weighted by Crippen LogP contribution is 2.32. The van der Waals surface area contributed by atoms with E-state index in [4.69, 9.17) is 0 Å². The average molecular weight is 447 g/mol. The molecule has 4 rings (SSSR count). The lowest BCUT2D eigenvalue weighted by Gasteiger charge is -2.23. The minimum absolute atomic E-state index is 0.250. The highest BCUT2D eigenvalue weighted by Gasteiger charge is 2.29. The molecule has 8 nitrogen and oxygen atoms in total. The van der Waals surface area contributed by atoms with Crippen molar-refractivity contribution >= 4 is 28.0 Å². The summed E-state index contributed by atoms with van der Waals surface area (Å²) in [5.74, 6) is -2.86. The van der Waals surface area contributed by atoms with Crippen molar-refractivity contribution in [2.45, 2.75) is 46.2 Å². The molecule has 0 spiro atoms. The van der Waals surface area contributed by atoms with Gasteiger partial charge in [0.2, 0.25) is 0 Å². The number of alkyl halides is 2. The van der Waals surface area contributed by atoms with Gasteiger partial charge in [0.1, 0.15) is 10.7 Å². The Morgan fingerprint density at radius 1 is 1.32 bits per heavy atom. The maximum Gasteiger partial charge on any atom is 0.288 e. The van der Waals surface area contributed by atoms with Gasteiger partial charge in [0.25, 0.3) is 5.92 Å². The van der Waals surface area contributed by atoms with E-state index >= 15 is 0 Å². The molecule has 0 amide bonds. The number of nitrogens with zero attached hydrogens (tertiary/aromatic N) is 6. The molecular weight excluding hydrogens is 422 g/mol. The number of hydrogen-bond acceptors (Lipinski definition) is 7. The van der Waals surface area contributed by atoms with Gasteiger partial charge in [-0.2, -0.15) is 18.3 Å². The minimum atomic E-state index is -3.11. The molecule has 0 atom stereocenters. The van der Waals surface area contributed by atoms with E-state index in [9.17, 15) is 8.78 Å². The zero-order chi connectivity index (χ0) is 22.2. The standard InChI is InChI=1S/C20H24F2N8S/c1-5-29(12(2)3)10-14-6-17(31-28-14)27-18-19-23-9-15(13-7-24-25-8-13)30(19)11-16(26-18)20(4,21)22/h6-9,11-12H,5,10H2,1-4H3,(H,24,25)(H,26,27). The van der Waals surface area contributed by atoms with Crippen LogP contribution in [0.3, 0.4) is 0 Å². The number of aromatic nitrogens is 6. The number of fused-ring (bicyclic) bond motifs is 1. The fourth-order valence-electron chi connectivity index (χ4n) is 3.32. The van der Waals surface area contributed by atoms with Gasteiger partial charge in [-0.25, -0.2) is 9.97 Å². The molecule has 0 fully saturated rings. The summed E-state index contributed by atoms with van der Waals surface area (Å²) in [5.41, 5.74) is 2.38. The molecule has 4 heterocycles. The van der Waals surface area contributed by atoms with Crippen LogP contribution in [0.5, 0.6) is 0 Å². The largest absolute Gasteiger partial charge is 0.328 e. The van der Waals surface area contributed by atoms with Crippen LogP contribution in [0.2, 0.25) is 0 Å². The highest BCUT2D eigenvalue weighted by molar-refractivity contribution is 7.10. The van der Waals surface area contributed by atoms with Crippen LogP contribution in [-0.4, -0.2) is 46.4 Å². The summed E-state index contributed by atoms with van der Waals surface area (Å²) in [6.45, 7) is 8.85. The summed E-state index contributed by atoms with van der Waals surface area (Å²) < 4.78 is 34.5. The number of hydrogen-bond donors (Lipinski definition) is 2. The van der Waals surface area contributed by atoms with Crippen LogP contribution in [0.25, 0.3) is 16.9 Å². The monoisotopic (exact) mass is 446 g/mol. The predicted molar refractivity (Wildman–Crippen MR) is 117 cm³/mol. The Hall–Kier alpha value is -2.92. The van der Waals surface area contributed by atoms with Crippen molar-refractivity contribution in [3.8, 4) is 11.3 Å². The molecule has 11 heteroatoms. The highest BCUT2D eigenvalue weighted by atomic mass is 32.1. The number of imidazole rings is 1. The summed E-state index contributed by atoms with van der Waals surface area (Å²) in [4.78, 5) is 10.9. The van der Waals surface area contributed by atoms with Crippen molar-refractivity contribution in [3.05, 3.63) is 42.2 Å². The number of anilines is 2. The van der Waals surface area contributed by atoms with E-state index in [0.717, 1.165) is 31.3 Å². The van der Waals surface area contributed by atoms with Crippen molar-refractivity contribution in [1.29, 1.82) is 0 Å². The molecule has 2 N–H and O–H groups in total. The zero-order valence-electron chi connectivity index (χ0n) is 17.7. The van der Waals surface area contributed by atoms with Crippen molar-refractivity contribution in [1.82, 2.24) is 33.8 Å². The fraction of sp³-hybridized carbons (Fsp3) is 0.400. The second-order valence-corrected chi connectivity index (χ2v) is 8.46. The van der Waals surface area contributed by atoms with Crippen molar-refractivity contribution in [2.24, 2.45) is 0 Å². The quantitative estimate of drug-likeness (QED) is 0.409. The van der Waals surface area contributed by atoms with E-state index in [0.29, 0.717) is 22.4 Å². The number of rotatable bonds is 8. The van der Waals surface area contributed by atoms with Crippen molar-refractivity contribution < 1.29 is 8.78 Å². The van der Waals surface area contributed by atoms with Gasteiger partial charge in [-0.15, -0.1) is 0 Å².